The van der Waals surface area contributed by atoms with Gasteiger partial charge >= 0.3 is 0 Å². The Hall–Kier alpha value is -0.500. The summed E-state index contributed by atoms with van der Waals surface area (Å²) in [5, 5.41) is 4.07. The van der Waals surface area contributed by atoms with Gasteiger partial charge < -0.3 is 5.32 Å². The van der Waals surface area contributed by atoms with Crippen LogP contribution >= 0.6 is 11.3 Å². The summed E-state index contributed by atoms with van der Waals surface area (Å²) in [4.78, 5) is 3.96. The van der Waals surface area contributed by atoms with Gasteiger partial charge in [0.25, 0.3) is 10.0 Å². The number of rotatable bonds is 4. The highest BCUT2D eigenvalue weighted by Crippen LogP contribution is 2.17. The molecule has 1 aromatic rings. The fourth-order valence-electron chi connectivity index (χ4n) is 1.85. The minimum atomic E-state index is -3.37. The van der Waals surface area contributed by atoms with Crippen molar-refractivity contribution in [2.75, 3.05) is 13.1 Å². The second-order valence-corrected chi connectivity index (χ2v) is 7.43. The SMILES string of the molecule is Cc1ncc(S(=O)(=O)NCC2CCCCN2)s1. The van der Waals surface area contributed by atoms with E-state index in [0.29, 0.717) is 10.8 Å². The van der Waals surface area contributed by atoms with E-state index >= 15 is 0 Å². The van der Waals surface area contributed by atoms with Crippen molar-refractivity contribution in [3.63, 3.8) is 0 Å². The molecule has 0 radical (unpaired) electrons. The zero-order valence-corrected chi connectivity index (χ0v) is 11.4. The molecule has 0 amide bonds. The maximum atomic E-state index is 11.9. The van der Waals surface area contributed by atoms with Crippen molar-refractivity contribution in [2.45, 2.75) is 36.4 Å². The van der Waals surface area contributed by atoms with Crippen molar-refractivity contribution >= 4 is 21.4 Å². The standard InChI is InChI=1S/C10H17N3O2S2/c1-8-12-7-10(16-8)17(14,15)13-6-9-4-2-3-5-11-9/h7,9,11,13H,2-6H2,1H3. The third-order valence-corrected chi connectivity index (χ3v) is 5.59. The molecule has 2 rings (SSSR count). The van der Waals surface area contributed by atoms with Crippen molar-refractivity contribution in [2.24, 2.45) is 0 Å². The molecule has 1 aliphatic rings. The van der Waals surface area contributed by atoms with E-state index in [1.54, 1.807) is 6.92 Å². The Bertz CT molecular complexity index is 464. The molecule has 1 unspecified atom stereocenters. The lowest BCUT2D eigenvalue weighted by molar-refractivity contribution is 0.398. The maximum absolute atomic E-state index is 11.9. The first-order valence-electron chi connectivity index (χ1n) is 5.73. The predicted octanol–water partition coefficient (Wildman–Crippen LogP) is 0.872. The van der Waals surface area contributed by atoms with E-state index in [1.807, 2.05) is 0 Å². The molecule has 0 aromatic carbocycles. The van der Waals surface area contributed by atoms with Crippen LogP contribution in [0.3, 0.4) is 0 Å². The molecule has 1 aliphatic heterocycles. The average Bonchev–Trinajstić information content (AvgIpc) is 2.76. The minimum Gasteiger partial charge on any atom is -0.313 e. The maximum Gasteiger partial charge on any atom is 0.251 e. The lowest BCUT2D eigenvalue weighted by Crippen LogP contribution is -2.43. The van der Waals surface area contributed by atoms with Crippen LogP contribution in [0.5, 0.6) is 0 Å². The molecule has 2 heterocycles. The second kappa shape index (κ2) is 5.43. The van der Waals surface area contributed by atoms with Gasteiger partial charge in [0.1, 0.15) is 0 Å². The summed E-state index contributed by atoms with van der Waals surface area (Å²) < 4.78 is 26.8. The zero-order chi connectivity index (χ0) is 12.3. The van der Waals surface area contributed by atoms with E-state index < -0.39 is 10.0 Å². The molecule has 1 saturated heterocycles. The van der Waals surface area contributed by atoms with Crippen LogP contribution in [-0.4, -0.2) is 32.5 Å². The van der Waals surface area contributed by atoms with Crippen molar-refractivity contribution in [3.8, 4) is 0 Å². The van der Waals surface area contributed by atoms with Crippen molar-refractivity contribution in [1.82, 2.24) is 15.0 Å². The van der Waals surface area contributed by atoms with Gasteiger partial charge in [0.2, 0.25) is 0 Å². The highest BCUT2D eigenvalue weighted by Gasteiger charge is 2.20. The van der Waals surface area contributed by atoms with Gasteiger partial charge in [-0.2, -0.15) is 0 Å². The Balaban J connectivity index is 1.93. The number of nitrogens with zero attached hydrogens (tertiary/aromatic N) is 1. The number of hydrogen-bond acceptors (Lipinski definition) is 5. The monoisotopic (exact) mass is 275 g/mol. The van der Waals surface area contributed by atoms with E-state index in [0.717, 1.165) is 18.0 Å². The van der Waals surface area contributed by atoms with E-state index in [1.165, 1.54) is 30.4 Å². The molecule has 0 saturated carbocycles. The number of hydrogen-bond donors (Lipinski definition) is 2. The van der Waals surface area contributed by atoms with Crippen molar-refractivity contribution in [3.05, 3.63) is 11.2 Å². The summed E-state index contributed by atoms with van der Waals surface area (Å²) >= 11 is 1.20. The molecule has 96 valence electrons. The van der Waals surface area contributed by atoms with Gasteiger partial charge in [0.05, 0.1) is 11.2 Å². The normalized spacial score (nSPS) is 21.6. The van der Waals surface area contributed by atoms with Crippen LogP contribution in [-0.2, 0) is 10.0 Å². The molecule has 1 atom stereocenters. The summed E-state index contributed by atoms with van der Waals surface area (Å²) in [6.45, 7) is 3.23. The first kappa shape index (κ1) is 12.9. The number of piperidine rings is 1. The molecule has 17 heavy (non-hydrogen) atoms. The highest BCUT2D eigenvalue weighted by atomic mass is 32.2. The van der Waals surface area contributed by atoms with E-state index in [-0.39, 0.29) is 6.04 Å². The molecule has 0 aliphatic carbocycles. The molecular formula is C10H17N3O2S2. The van der Waals surface area contributed by atoms with E-state index in [2.05, 4.69) is 15.0 Å². The molecule has 0 spiro atoms. The van der Waals surface area contributed by atoms with Gasteiger partial charge in [0.15, 0.2) is 4.21 Å². The van der Waals surface area contributed by atoms with Gasteiger partial charge in [-0.15, -0.1) is 11.3 Å². The number of thiazole rings is 1. The molecule has 1 fully saturated rings. The van der Waals surface area contributed by atoms with E-state index in [4.69, 9.17) is 0 Å². The summed E-state index contributed by atoms with van der Waals surface area (Å²) in [5.41, 5.74) is 0. The van der Waals surface area contributed by atoms with Crippen molar-refractivity contribution in [1.29, 1.82) is 0 Å². The third kappa shape index (κ3) is 3.48. The van der Waals surface area contributed by atoms with Gasteiger partial charge in [-0.3, -0.25) is 0 Å². The quantitative estimate of drug-likeness (QED) is 0.855. The number of aryl methyl sites for hydroxylation is 1. The number of nitrogens with one attached hydrogen (secondary N) is 2. The lowest BCUT2D eigenvalue weighted by atomic mass is 10.1. The third-order valence-electron chi connectivity index (χ3n) is 2.80. The summed E-state index contributed by atoms with van der Waals surface area (Å²) in [6, 6.07) is 0.257. The number of sulfonamides is 1. The van der Waals surface area contributed by atoms with Crippen LogP contribution in [0.1, 0.15) is 24.3 Å². The van der Waals surface area contributed by atoms with Crippen LogP contribution in [0.15, 0.2) is 10.4 Å². The molecule has 2 N–H and O–H groups in total. The Morgan fingerprint density at radius 3 is 3.00 bits per heavy atom. The first-order chi connectivity index (χ1) is 8.08. The fraction of sp³-hybridized carbons (Fsp3) is 0.700. The van der Waals surface area contributed by atoms with Crippen LogP contribution in [0.2, 0.25) is 0 Å². The molecule has 7 heteroatoms. The lowest BCUT2D eigenvalue weighted by Gasteiger charge is -2.23. The summed E-state index contributed by atoms with van der Waals surface area (Å²) in [7, 11) is -3.37. The molecule has 1 aromatic heterocycles. The fourth-order valence-corrected chi connectivity index (χ4v) is 4.08. The van der Waals surface area contributed by atoms with Gasteiger partial charge in [-0.25, -0.2) is 18.1 Å². The second-order valence-electron chi connectivity index (χ2n) is 4.20. The highest BCUT2D eigenvalue weighted by molar-refractivity contribution is 7.91. The Morgan fingerprint density at radius 1 is 1.59 bits per heavy atom. The van der Waals surface area contributed by atoms with Crippen LogP contribution in [0.25, 0.3) is 0 Å². The van der Waals surface area contributed by atoms with Gasteiger partial charge in [-0.05, 0) is 26.3 Å². The smallest absolute Gasteiger partial charge is 0.251 e. The van der Waals surface area contributed by atoms with Crippen LogP contribution in [0, 0.1) is 6.92 Å². The summed E-state index contributed by atoms with van der Waals surface area (Å²) in [5.74, 6) is 0. The molecule has 0 bridgehead atoms. The van der Waals surface area contributed by atoms with E-state index in [9.17, 15) is 8.42 Å². The summed E-state index contributed by atoms with van der Waals surface area (Å²) in [6.07, 6.45) is 4.79. The van der Waals surface area contributed by atoms with Crippen LogP contribution in [0.4, 0.5) is 0 Å². The molecule has 5 nitrogen and oxygen atoms in total. The molecular weight excluding hydrogens is 258 g/mol. The zero-order valence-electron chi connectivity index (χ0n) is 9.77. The van der Waals surface area contributed by atoms with Gasteiger partial charge in [0, 0.05) is 12.6 Å². The van der Waals surface area contributed by atoms with Gasteiger partial charge in [-0.1, -0.05) is 6.42 Å². The van der Waals surface area contributed by atoms with Crippen molar-refractivity contribution < 1.29 is 8.42 Å². The largest absolute Gasteiger partial charge is 0.313 e. The minimum absolute atomic E-state index is 0.257. The topological polar surface area (TPSA) is 71.1 Å². The average molecular weight is 275 g/mol. The predicted molar refractivity (Wildman–Crippen MR) is 67.7 cm³/mol. The Labute approximate surface area is 106 Å². The van der Waals surface area contributed by atoms with Crippen LogP contribution < -0.4 is 10.0 Å². The number of aromatic nitrogens is 1. The Morgan fingerprint density at radius 2 is 2.41 bits per heavy atom. The first-order valence-corrected chi connectivity index (χ1v) is 8.03. The Kier molecular flexibility index (Phi) is 4.13.